The molecule has 1 aromatic heterocycles. The zero-order valence-electron chi connectivity index (χ0n) is 14.6. The van der Waals surface area contributed by atoms with Crippen LogP contribution >= 0.6 is 0 Å². The van der Waals surface area contributed by atoms with Gasteiger partial charge in [-0.15, -0.1) is 0 Å². The van der Waals surface area contributed by atoms with Gasteiger partial charge in [-0.05, 0) is 49.8 Å². The molecule has 1 heterocycles. The van der Waals surface area contributed by atoms with Crippen LogP contribution in [0.25, 0.3) is 11.0 Å². The molecule has 25 heavy (non-hydrogen) atoms. The number of amides is 1. The van der Waals surface area contributed by atoms with Crippen LogP contribution in [0.5, 0.6) is 0 Å². The highest BCUT2D eigenvalue weighted by Gasteiger charge is 2.35. The van der Waals surface area contributed by atoms with E-state index in [1.807, 2.05) is 18.2 Å². The highest BCUT2D eigenvalue weighted by Crippen LogP contribution is 2.47. The van der Waals surface area contributed by atoms with Crippen molar-refractivity contribution in [3.8, 4) is 0 Å². The van der Waals surface area contributed by atoms with Crippen molar-refractivity contribution in [1.82, 2.24) is 5.32 Å². The van der Waals surface area contributed by atoms with Crippen LogP contribution in [0.15, 0.2) is 22.6 Å². The molecule has 1 saturated carbocycles. The Bertz CT molecular complexity index is 801. The minimum Gasteiger partial charge on any atom is -0.461 e. The third-order valence-electron chi connectivity index (χ3n) is 5.02. The number of carbonyl (C=O) groups is 1. The summed E-state index contributed by atoms with van der Waals surface area (Å²) in [5, 5.41) is 12.7. The van der Waals surface area contributed by atoms with Crippen LogP contribution in [0.1, 0.15) is 54.3 Å². The van der Waals surface area contributed by atoms with Crippen molar-refractivity contribution < 1.29 is 23.1 Å². The minimum atomic E-state index is -2.62. The standard InChI is InChI=1S/C19H23F2NO3/c1-10-6-13(10)12-4-5-15-14(7-12)17(11(2)25-15)18(24)22-19(3,9-23)8-16(20)21/h4-5,7,10,13,16,23H,6,8-9H2,1-3H3,(H,22,24)/t10-,13+,19?/m0/s1. The molecule has 1 fully saturated rings. The molecule has 1 unspecified atom stereocenters. The number of halogens is 2. The fourth-order valence-electron chi connectivity index (χ4n) is 3.37. The van der Waals surface area contributed by atoms with Gasteiger partial charge >= 0.3 is 0 Å². The predicted molar refractivity (Wildman–Crippen MR) is 91.1 cm³/mol. The van der Waals surface area contributed by atoms with Crippen molar-refractivity contribution in [3.05, 3.63) is 35.1 Å². The number of furan rings is 1. The summed E-state index contributed by atoms with van der Waals surface area (Å²) >= 11 is 0. The van der Waals surface area contributed by atoms with E-state index >= 15 is 0 Å². The monoisotopic (exact) mass is 351 g/mol. The summed E-state index contributed by atoms with van der Waals surface area (Å²) in [7, 11) is 0. The van der Waals surface area contributed by atoms with Gasteiger partial charge in [0.2, 0.25) is 6.43 Å². The fourth-order valence-corrected chi connectivity index (χ4v) is 3.37. The molecule has 2 N–H and O–H groups in total. The zero-order chi connectivity index (χ0) is 18.4. The third-order valence-corrected chi connectivity index (χ3v) is 5.02. The number of alkyl halides is 2. The van der Waals surface area contributed by atoms with E-state index in [9.17, 15) is 18.7 Å². The van der Waals surface area contributed by atoms with Gasteiger partial charge in [-0.1, -0.05) is 13.0 Å². The molecule has 1 aliphatic rings. The Morgan fingerprint density at radius 2 is 2.16 bits per heavy atom. The number of hydrogen-bond acceptors (Lipinski definition) is 3. The maximum Gasteiger partial charge on any atom is 0.255 e. The van der Waals surface area contributed by atoms with E-state index in [-0.39, 0.29) is 0 Å². The average Bonchev–Trinajstić information content (AvgIpc) is 3.15. The molecule has 136 valence electrons. The molecule has 4 nitrogen and oxygen atoms in total. The molecule has 3 rings (SSSR count). The number of benzene rings is 1. The van der Waals surface area contributed by atoms with E-state index in [0.29, 0.717) is 34.1 Å². The summed E-state index contributed by atoms with van der Waals surface area (Å²) in [6.07, 6.45) is -2.11. The van der Waals surface area contributed by atoms with Gasteiger partial charge in [0.25, 0.3) is 5.91 Å². The number of nitrogens with one attached hydrogen (secondary N) is 1. The van der Waals surface area contributed by atoms with Crippen LogP contribution in [0.2, 0.25) is 0 Å². The number of rotatable bonds is 6. The van der Waals surface area contributed by atoms with Gasteiger partial charge in [-0.25, -0.2) is 8.78 Å². The summed E-state index contributed by atoms with van der Waals surface area (Å²) < 4.78 is 31.2. The van der Waals surface area contributed by atoms with Gasteiger partial charge in [0, 0.05) is 11.8 Å². The molecular formula is C19H23F2NO3. The number of aliphatic hydroxyl groups excluding tert-OH is 1. The number of aryl methyl sites for hydroxylation is 1. The first-order valence-electron chi connectivity index (χ1n) is 8.48. The fraction of sp³-hybridized carbons (Fsp3) is 0.526. The van der Waals surface area contributed by atoms with Crippen molar-refractivity contribution in [2.45, 2.75) is 51.5 Å². The quantitative estimate of drug-likeness (QED) is 0.827. The molecule has 1 aromatic carbocycles. The van der Waals surface area contributed by atoms with E-state index < -0.39 is 30.9 Å². The lowest BCUT2D eigenvalue weighted by Gasteiger charge is -2.28. The summed E-state index contributed by atoms with van der Waals surface area (Å²) in [4.78, 5) is 12.7. The molecule has 0 spiro atoms. The van der Waals surface area contributed by atoms with Crippen LogP contribution in [0, 0.1) is 12.8 Å². The van der Waals surface area contributed by atoms with Crippen molar-refractivity contribution in [1.29, 1.82) is 0 Å². The SMILES string of the molecule is Cc1oc2ccc([C@@H]3C[C@@H]3C)cc2c1C(=O)NC(C)(CO)CC(F)F. The Morgan fingerprint density at radius 1 is 1.48 bits per heavy atom. The predicted octanol–water partition coefficient (Wildman–Crippen LogP) is 4.00. The van der Waals surface area contributed by atoms with E-state index in [1.54, 1.807) is 6.92 Å². The normalized spacial score (nSPS) is 22.2. The number of aliphatic hydroxyl groups is 1. The van der Waals surface area contributed by atoms with Crippen LogP contribution in [-0.4, -0.2) is 29.6 Å². The Hall–Kier alpha value is -1.95. The van der Waals surface area contributed by atoms with E-state index in [4.69, 9.17) is 4.42 Å². The van der Waals surface area contributed by atoms with Crippen LogP contribution < -0.4 is 5.32 Å². The van der Waals surface area contributed by atoms with Gasteiger partial charge in [-0.3, -0.25) is 4.79 Å². The number of fused-ring (bicyclic) bond motifs is 1. The van der Waals surface area contributed by atoms with Gasteiger partial charge < -0.3 is 14.8 Å². The Morgan fingerprint density at radius 3 is 2.72 bits per heavy atom. The lowest BCUT2D eigenvalue weighted by molar-refractivity contribution is 0.0586. The van der Waals surface area contributed by atoms with Crippen molar-refractivity contribution in [2.24, 2.45) is 5.92 Å². The molecule has 2 aromatic rings. The highest BCUT2D eigenvalue weighted by molar-refractivity contribution is 6.07. The summed E-state index contributed by atoms with van der Waals surface area (Å²) in [6, 6.07) is 5.82. The lowest BCUT2D eigenvalue weighted by Crippen LogP contribution is -2.50. The van der Waals surface area contributed by atoms with E-state index in [1.165, 1.54) is 6.92 Å². The lowest BCUT2D eigenvalue weighted by atomic mass is 9.97. The molecule has 1 amide bonds. The maximum atomic E-state index is 12.7. The smallest absolute Gasteiger partial charge is 0.255 e. The van der Waals surface area contributed by atoms with Gasteiger partial charge in [0.1, 0.15) is 11.3 Å². The molecule has 0 bridgehead atoms. The van der Waals surface area contributed by atoms with Gasteiger partial charge in [0.05, 0.1) is 17.7 Å². The second kappa shape index (κ2) is 6.41. The molecule has 1 aliphatic carbocycles. The highest BCUT2D eigenvalue weighted by atomic mass is 19.3. The summed E-state index contributed by atoms with van der Waals surface area (Å²) in [5.41, 5.74) is 0.717. The second-order valence-corrected chi connectivity index (χ2v) is 7.38. The molecule has 0 aliphatic heterocycles. The first-order chi connectivity index (χ1) is 11.7. The first-order valence-corrected chi connectivity index (χ1v) is 8.48. The minimum absolute atomic E-state index is 0.346. The van der Waals surface area contributed by atoms with Gasteiger partial charge in [-0.2, -0.15) is 0 Å². The van der Waals surface area contributed by atoms with Crippen molar-refractivity contribution in [2.75, 3.05) is 6.61 Å². The number of hydrogen-bond donors (Lipinski definition) is 2. The Labute approximate surface area is 145 Å². The zero-order valence-corrected chi connectivity index (χ0v) is 14.6. The average molecular weight is 351 g/mol. The van der Waals surface area contributed by atoms with E-state index in [2.05, 4.69) is 12.2 Å². The molecular weight excluding hydrogens is 328 g/mol. The first kappa shape index (κ1) is 17.9. The van der Waals surface area contributed by atoms with Gasteiger partial charge in [0.15, 0.2) is 0 Å². The van der Waals surface area contributed by atoms with Crippen LogP contribution in [-0.2, 0) is 0 Å². The summed E-state index contributed by atoms with van der Waals surface area (Å²) in [6.45, 7) is 4.70. The number of carbonyl (C=O) groups excluding carboxylic acids is 1. The Balaban J connectivity index is 1.93. The molecule has 6 heteroatoms. The maximum absolute atomic E-state index is 12.7. The van der Waals surface area contributed by atoms with E-state index in [0.717, 1.165) is 12.0 Å². The van der Waals surface area contributed by atoms with Crippen LogP contribution in [0.3, 0.4) is 0 Å². The third kappa shape index (κ3) is 3.54. The van der Waals surface area contributed by atoms with Crippen molar-refractivity contribution >= 4 is 16.9 Å². The second-order valence-electron chi connectivity index (χ2n) is 7.38. The summed E-state index contributed by atoms with van der Waals surface area (Å²) in [5.74, 6) is 1.06. The molecule has 3 atom stereocenters. The topological polar surface area (TPSA) is 62.5 Å². The molecule has 0 radical (unpaired) electrons. The Kier molecular flexibility index (Phi) is 4.58. The largest absolute Gasteiger partial charge is 0.461 e. The van der Waals surface area contributed by atoms with Crippen LogP contribution in [0.4, 0.5) is 8.78 Å². The van der Waals surface area contributed by atoms with Crippen molar-refractivity contribution in [3.63, 3.8) is 0 Å². The molecule has 0 saturated heterocycles.